The zero-order chi connectivity index (χ0) is 6.08. The fourth-order valence-corrected chi connectivity index (χ4v) is 0. The second-order valence-electron chi connectivity index (χ2n) is 2.25. The highest BCUT2D eigenvalue weighted by Gasteiger charge is 1.97. The molecule has 0 amide bonds. The summed E-state index contributed by atoms with van der Waals surface area (Å²) < 4.78 is 0.549. The molecule has 3 heteroatoms. The number of halogens is 2. The van der Waals surface area contributed by atoms with Gasteiger partial charge >= 0.3 is 0 Å². The van der Waals surface area contributed by atoms with Crippen molar-refractivity contribution in [1.29, 1.82) is 0 Å². The molecule has 0 nitrogen and oxygen atoms in total. The molecule has 0 aliphatic carbocycles. The maximum Gasteiger partial charge on any atom is 0.101 e. The molecule has 7 heavy (non-hydrogen) atoms. The molecule has 0 heterocycles. The summed E-state index contributed by atoms with van der Waals surface area (Å²) in [6, 6.07) is 0. The lowest BCUT2D eigenvalue weighted by Gasteiger charge is -2.03. The lowest BCUT2D eigenvalue weighted by Crippen LogP contribution is -1.77. The normalized spacial score (nSPS) is 11.6. The van der Waals surface area contributed by atoms with E-state index < -0.39 is 6.89 Å². The predicted molar refractivity (Wildman–Crippen MR) is 41.4 cm³/mol. The van der Waals surface area contributed by atoms with Crippen LogP contribution in [-0.2, 0) is 0 Å². The molecule has 0 rings (SSSR count). The van der Waals surface area contributed by atoms with E-state index in [-0.39, 0.29) is 0 Å². The van der Waals surface area contributed by atoms with Gasteiger partial charge in [0.2, 0.25) is 0 Å². The van der Waals surface area contributed by atoms with Crippen LogP contribution >= 0.6 is 30.1 Å². The van der Waals surface area contributed by atoms with Gasteiger partial charge in [0.1, 0.15) is 4.21 Å². The van der Waals surface area contributed by atoms with Gasteiger partial charge in [0.05, 0.1) is 0 Å². The standard InChI is InChI=1S/C4H9Cl2P/c1-7(2,3)4(5)6/h1-3H3. The number of hydrogen-bond acceptors (Lipinski definition) is 0. The van der Waals surface area contributed by atoms with E-state index in [9.17, 15) is 0 Å². The van der Waals surface area contributed by atoms with Gasteiger partial charge in [-0.25, -0.2) is 0 Å². The van der Waals surface area contributed by atoms with Crippen molar-refractivity contribution in [2.24, 2.45) is 0 Å². The van der Waals surface area contributed by atoms with Crippen LogP contribution in [0.15, 0.2) is 0 Å². The smallest absolute Gasteiger partial charge is 0.0826 e. The zero-order valence-corrected chi connectivity index (χ0v) is 7.11. The molecule has 0 atom stereocenters. The van der Waals surface area contributed by atoms with Crippen LogP contribution in [0.25, 0.3) is 0 Å². The van der Waals surface area contributed by atoms with E-state index in [1.165, 1.54) is 0 Å². The molecule has 0 spiro atoms. The Morgan fingerprint density at radius 3 is 1.29 bits per heavy atom. The van der Waals surface area contributed by atoms with Crippen LogP contribution in [-0.4, -0.2) is 24.2 Å². The molecule has 0 N–H and O–H groups in total. The summed E-state index contributed by atoms with van der Waals surface area (Å²) in [5, 5.41) is 0. The van der Waals surface area contributed by atoms with Crippen molar-refractivity contribution in [2.45, 2.75) is 0 Å². The van der Waals surface area contributed by atoms with Gasteiger partial charge in [-0.05, 0) is 20.0 Å². The molecule has 0 radical (unpaired) electrons. The number of rotatable bonds is 0. The van der Waals surface area contributed by atoms with Gasteiger partial charge in [0, 0.05) is 0 Å². The van der Waals surface area contributed by atoms with E-state index in [1.807, 2.05) is 0 Å². The molecule has 0 aliphatic rings. The van der Waals surface area contributed by atoms with E-state index in [4.69, 9.17) is 23.2 Å². The van der Waals surface area contributed by atoms with E-state index >= 15 is 0 Å². The van der Waals surface area contributed by atoms with Crippen LogP contribution in [0.4, 0.5) is 0 Å². The molecular weight excluding hydrogens is 150 g/mol. The molecule has 0 aromatic rings. The van der Waals surface area contributed by atoms with Crippen LogP contribution in [0.1, 0.15) is 0 Å². The maximum atomic E-state index is 5.49. The third-order valence-electron chi connectivity index (χ3n) is 0.507. The lowest BCUT2D eigenvalue weighted by atomic mass is 11.8. The average molecular weight is 159 g/mol. The van der Waals surface area contributed by atoms with Crippen molar-refractivity contribution in [3.63, 3.8) is 0 Å². The SMILES string of the molecule is CP(C)(C)=C(Cl)Cl. The molecule has 0 fully saturated rings. The van der Waals surface area contributed by atoms with Crippen LogP contribution in [0.2, 0.25) is 0 Å². The topological polar surface area (TPSA) is 0 Å². The van der Waals surface area contributed by atoms with Crippen LogP contribution in [0.3, 0.4) is 0 Å². The zero-order valence-electron chi connectivity index (χ0n) is 4.70. The van der Waals surface area contributed by atoms with Crippen molar-refractivity contribution in [1.82, 2.24) is 0 Å². The predicted octanol–water partition coefficient (Wildman–Crippen LogP) is 2.46. The fraction of sp³-hybridized carbons (Fsp3) is 0.750. The third kappa shape index (κ3) is 3.46. The number of hydrogen-bond donors (Lipinski definition) is 0. The Bertz CT molecular complexity index is 98.6. The first-order chi connectivity index (χ1) is 2.94. The fourth-order valence-electron chi connectivity index (χ4n) is 0. The summed E-state index contributed by atoms with van der Waals surface area (Å²) >= 11 is 11.0. The highest BCUT2D eigenvalue weighted by atomic mass is 35.5. The van der Waals surface area contributed by atoms with Gasteiger partial charge in [-0.15, -0.1) is 0 Å². The Labute approximate surface area is 54.8 Å². The van der Waals surface area contributed by atoms with Crippen LogP contribution in [0.5, 0.6) is 0 Å². The quantitative estimate of drug-likeness (QED) is 0.476. The van der Waals surface area contributed by atoms with Gasteiger partial charge in [-0.3, -0.25) is 0 Å². The summed E-state index contributed by atoms with van der Waals surface area (Å²) in [5.41, 5.74) is 0. The Hall–Kier alpha value is 0.880. The first-order valence-electron chi connectivity index (χ1n) is 1.94. The monoisotopic (exact) mass is 158 g/mol. The summed E-state index contributed by atoms with van der Waals surface area (Å²) in [5.74, 6) is 0. The van der Waals surface area contributed by atoms with Crippen molar-refractivity contribution < 1.29 is 0 Å². The Morgan fingerprint density at radius 1 is 1.14 bits per heavy atom. The minimum Gasteiger partial charge on any atom is -0.0826 e. The van der Waals surface area contributed by atoms with E-state index in [1.54, 1.807) is 0 Å². The summed E-state index contributed by atoms with van der Waals surface area (Å²) in [6.45, 7) is 5.18. The second-order valence-corrected chi connectivity index (χ2v) is 8.20. The van der Waals surface area contributed by atoms with Crippen molar-refractivity contribution in [2.75, 3.05) is 20.0 Å². The van der Waals surface area contributed by atoms with Crippen LogP contribution in [0, 0.1) is 0 Å². The molecule has 0 unspecified atom stereocenters. The molecule has 0 aromatic heterocycles. The van der Waals surface area contributed by atoms with Crippen molar-refractivity contribution in [3.8, 4) is 0 Å². The lowest BCUT2D eigenvalue weighted by molar-refractivity contribution is 2.10. The van der Waals surface area contributed by atoms with Gasteiger partial charge in [-0.1, -0.05) is 30.1 Å². The van der Waals surface area contributed by atoms with Crippen LogP contribution < -0.4 is 0 Å². The van der Waals surface area contributed by atoms with Gasteiger partial charge in [0.15, 0.2) is 0 Å². The third-order valence-corrected chi connectivity index (χ3v) is 4.56. The summed E-state index contributed by atoms with van der Waals surface area (Å²) in [7, 11) is 0. The molecule has 0 aliphatic heterocycles. The maximum absolute atomic E-state index is 5.49. The van der Waals surface area contributed by atoms with Gasteiger partial charge < -0.3 is 0 Å². The van der Waals surface area contributed by atoms with E-state index in [0.29, 0.717) is 4.21 Å². The van der Waals surface area contributed by atoms with Crippen molar-refractivity contribution >= 4 is 34.3 Å². The minimum absolute atomic E-state index is 0.549. The molecule has 0 saturated heterocycles. The summed E-state index contributed by atoms with van der Waals surface area (Å²) in [6.07, 6.45) is 0. The highest BCUT2D eigenvalue weighted by Crippen LogP contribution is 2.37. The Morgan fingerprint density at radius 2 is 1.29 bits per heavy atom. The highest BCUT2D eigenvalue weighted by molar-refractivity contribution is 7.80. The first-order valence-corrected chi connectivity index (χ1v) is 5.83. The summed E-state index contributed by atoms with van der Waals surface area (Å²) in [4.78, 5) is 0. The Balaban J connectivity index is 4.28. The minimum atomic E-state index is -1.04. The first kappa shape index (κ1) is 7.88. The molecule has 0 bridgehead atoms. The van der Waals surface area contributed by atoms with E-state index in [2.05, 4.69) is 20.0 Å². The Kier molecular flexibility index (Phi) is 2.74. The second kappa shape index (κ2) is 2.44. The average Bonchev–Trinajstić information content (AvgIpc) is 1.31. The molecule has 0 aromatic carbocycles. The van der Waals surface area contributed by atoms with E-state index in [0.717, 1.165) is 0 Å². The molecule has 44 valence electrons. The van der Waals surface area contributed by atoms with Gasteiger partial charge in [0.25, 0.3) is 0 Å². The van der Waals surface area contributed by atoms with Crippen molar-refractivity contribution in [3.05, 3.63) is 0 Å². The molecule has 0 saturated carbocycles. The molecular formula is C4H9Cl2P. The largest absolute Gasteiger partial charge is 0.101 e. The van der Waals surface area contributed by atoms with Gasteiger partial charge in [-0.2, -0.15) is 0 Å².